The fourth-order valence-corrected chi connectivity index (χ4v) is 2.67. The third kappa shape index (κ3) is 1.88. The van der Waals surface area contributed by atoms with Gasteiger partial charge in [-0.2, -0.15) is 0 Å². The van der Waals surface area contributed by atoms with Gasteiger partial charge in [0.05, 0.1) is 0 Å². The minimum Gasteiger partial charge on any atom is -0.289 e. The Morgan fingerprint density at radius 1 is 0.800 bits per heavy atom. The molecule has 2 nitrogen and oxygen atoms in total. The highest BCUT2D eigenvalue weighted by atomic mass is 35.5. The maximum atomic E-state index is 12.6. The van der Waals surface area contributed by atoms with Crippen molar-refractivity contribution in [3.8, 4) is 0 Å². The Labute approximate surface area is 122 Å². The maximum absolute atomic E-state index is 12.6. The van der Waals surface area contributed by atoms with E-state index in [1.54, 1.807) is 24.3 Å². The molecule has 0 bridgehead atoms. The SMILES string of the molecule is CC(C)c1ccc2c(c1)C(=O)c1cc(Cl)ccc1C2=O. The van der Waals surface area contributed by atoms with Crippen molar-refractivity contribution < 1.29 is 9.59 Å². The molecule has 0 heterocycles. The Hall–Kier alpha value is -1.93. The summed E-state index contributed by atoms with van der Waals surface area (Å²) in [5.74, 6) is 0.0742. The summed E-state index contributed by atoms with van der Waals surface area (Å²) in [6, 6.07) is 10.3. The number of hydrogen-bond acceptors (Lipinski definition) is 2. The van der Waals surface area contributed by atoms with Gasteiger partial charge < -0.3 is 0 Å². The van der Waals surface area contributed by atoms with E-state index in [0.29, 0.717) is 33.2 Å². The molecule has 0 radical (unpaired) electrons. The zero-order valence-electron chi connectivity index (χ0n) is 11.2. The van der Waals surface area contributed by atoms with Gasteiger partial charge in [-0.1, -0.05) is 37.6 Å². The Morgan fingerprint density at radius 2 is 1.35 bits per heavy atom. The van der Waals surface area contributed by atoms with Crippen molar-refractivity contribution in [2.45, 2.75) is 19.8 Å². The van der Waals surface area contributed by atoms with Crippen molar-refractivity contribution in [2.75, 3.05) is 0 Å². The lowest BCUT2D eigenvalue weighted by molar-refractivity contribution is 0.0979. The summed E-state index contributed by atoms with van der Waals surface area (Å²) in [7, 11) is 0. The van der Waals surface area contributed by atoms with E-state index in [0.717, 1.165) is 5.56 Å². The lowest BCUT2D eigenvalue weighted by Gasteiger charge is -2.19. The van der Waals surface area contributed by atoms with E-state index in [-0.39, 0.29) is 11.6 Å². The van der Waals surface area contributed by atoms with Gasteiger partial charge in [0.25, 0.3) is 0 Å². The van der Waals surface area contributed by atoms with Crippen LogP contribution in [0.2, 0.25) is 5.02 Å². The third-order valence-corrected chi connectivity index (χ3v) is 3.91. The van der Waals surface area contributed by atoms with Crippen molar-refractivity contribution in [3.05, 3.63) is 69.2 Å². The number of halogens is 1. The topological polar surface area (TPSA) is 34.1 Å². The first-order chi connectivity index (χ1) is 9.49. The van der Waals surface area contributed by atoms with Crippen LogP contribution in [0.4, 0.5) is 0 Å². The summed E-state index contributed by atoms with van der Waals surface area (Å²) >= 11 is 5.93. The van der Waals surface area contributed by atoms with E-state index in [4.69, 9.17) is 11.6 Å². The highest BCUT2D eigenvalue weighted by Crippen LogP contribution is 2.31. The van der Waals surface area contributed by atoms with E-state index in [9.17, 15) is 9.59 Å². The van der Waals surface area contributed by atoms with Gasteiger partial charge in [-0.3, -0.25) is 9.59 Å². The second-order valence-electron chi connectivity index (χ2n) is 5.31. The van der Waals surface area contributed by atoms with Crippen LogP contribution in [0.15, 0.2) is 36.4 Å². The molecule has 100 valence electrons. The molecule has 0 spiro atoms. The molecule has 0 aliphatic heterocycles. The highest BCUT2D eigenvalue weighted by Gasteiger charge is 2.29. The number of ketones is 2. The molecule has 1 aliphatic carbocycles. The van der Waals surface area contributed by atoms with E-state index in [1.165, 1.54) is 0 Å². The van der Waals surface area contributed by atoms with Crippen molar-refractivity contribution in [1.82, 2.24) is 0 Å². The molecule has 0 amide bonds. The molecule has 2 aromatic rings. The smallest absolute Gasteiger partial charge is 0.194 e. The largest absolute Gasteiger partial charge is 0.289 e. The molecule has 0 N–H and O–H groups in total. The summed E-state index contributed by atoms with van der Waals surface area (Å²) in [6.45, 7) is 4.11. The minimum absolute atomic E-state index is 0.110. The van der Waals surface area contributed by atoms with Crippen LogP contribution in [-0.2, 0) is 0 Å². The second kappa shape index (κ2) is 4.57. The molecule has 0 saturated carbocycles. The summed E-state index contributed by atoms with van der Waals surface area (Å²) < 4.78 is 0. The fraction of sp³-hybridized carbons (Fsp3) is 0.176. The molecule has 1 aliphatic rings. The number of benzene rings is 2. The van der Waals surface area contributed by atoms with E-state index in [1.807, 2.05) is 12.1 Å². The molecule has 0 atom stereocenters. The summed E-state index contributed by atoms with van der Waals surface area (Å²) in [5.41, 5.74) is 2.85. The molecule has 0 unspecified atom stereocenters. The first-order valence-electron chi connectivity index (χ1n) is 6.52. The van der Waals surface area contributed by atoms with Crippen molar-refractivity contribution in [2.24, 2.45) is 0 Å². The summed E-state index contributed by atoms with van der Waals surface area (Å²) in [4.78, 5) is 25.0. The van der Waals surface area contributed by atoms with Crippen LogP contribution in [0.1, 0.15) is 57.2 Å². The molecule has 3 rings (SSSR count). The number of rotatable bonds is 1. The van der Waals surface area contributed by atoms with E-state index < -0.39 is 0 Å². The first kappa shape index (κ1) is 13.1. The Morgan fingerprint density at radius 3 is 2.00 bits per heavy atom. The van der Waals surface area contributed by atoms with Crippen LogP contribution < -0.4 is 0 Å². The summed E-state index contributed by atoms with van der Waals surface area (Å²) in [6.07, 6.45) is 0. The van der Waals surface area contributed by atoms with Crippen molar-refractivity contribution in [3.63, 3.8) is 0 Å². The third-order valence-electron chi connectivity index (χ3n) is 3.67. The normalized spacial score (nSPS) is 13.4. The number of carbonyl (C=O) groups is 2. The zero-order chi connectivity index (χ0) is 14.4. The van der Waals surface area contributed by atoms with E-state index >= 15 is 0 Å². The maximum Gasteiger partial charge on any atom is 0.194 e. The lowest BCUT2D eigenvalue weighted by Crippen LogP contribution is -2.21. The second-order valence-corrected chi connectivity index (χ2v) is 5.74. The standard InChI is InChI=1S/C17H13ClO2/c1-9(2)10-3-5-12-14(7-10)17(20)15-8-11(18)4-6-13(15)16(12)19/h3-9H,1-2H3. The number of fused-ring (bicyclic) bond motifs is 2. The van der Waals surface area contributed by atoms with Crippen LogP contribution >= 0.6 is 11.6 Å². The van der Waals surface area contributed by atoms with Crippen LogP contribution in [-0.4, -0.2) is 11.6 Å². The van der Waals surface area contributed by atoms with Gasteiger partial charge in [-0.25, -0.2) is 0 Å². The van der Waals surface area contributed by atoms with Gasteiger partial charge in [0.2, 0.25) is 0 Å². The van der Waals surface area contributed by atoms with Gasteiger partial charge in [0.1, 0.15) is 0 Å². The average Bonchev–Trinajstić information content (AvgIpc) is 2.44. The van der Waals surface area contributed by atoms with Crippen molar-refractivity contribution in [1.29, 1.82) is 0 Å². The molecule has 20 heavy (non-hydrogen) atoms. The van der Waals surface area contributed by atoms with Gasteiger partial charge in [0.15, 0.2) is 11.6 Å². The molecule has 0 saturated heterocycles. The van der Waals surface area contributed by atoms with E-state index in [2.05, 4.69) is 13.8 Å². The number of carbonyl (C=O) groups excluding carboxylic acids is 2. The Balaban J connectivity index is 2.24. The Kier molecular flexibility index (Phi) is 2.98. The predicted octanol–water partition coefficient (Wildman–Crippen LogP) is 4.24. The monoisotopic (exact) mass is 284 g/mol. The molecule has 0 fully saturated rings. The first-order valence-corrected chi connectivity index (χ1v) is 6.89. The predicted molar refractivity (Wildman–Crippen MR) is 78.8 cm³/mol. The number of hydrogen-bond donors (Lipinski definition) is 0. The van der Waals surface area contributed by atoms with Gasteiger partial charge in [-0.05, 0) is 35.7 Å². The molecule has 3 heteroatoms. The van der Waals surface area contributed by atoms with Crippen molar-refractivity contribution >= 4 is 23.2 Å². The zero-order valence-corrected chi connectivity index (χ0v) is 12.0. The van der Waals surface area contributed by atoms with Crippen LogP contribution in [0.5, 0.6) is 0 Å². The van der Waals surface area contributed by atoms with Crippen LogP contribution in [0.25, 0.3) is 0 Å². The lowest BCUT2D eigenvalue weighted by atomic mass is 9.82. The summed E-state index contributed by atoms with van der Waals surface area (Å²) in [5, 5.41) is 0.466. The van der Waals surface area contributed by atoms with Crippen LogP contribution in [0.3, 0.4) is 0 Å². The van der Waals surface area contributed by atoms with Gasteiger partial charge in [-0.15, -0.1) is 0 Å². The quantitative estimate of drug-likeness (QED) is 0.670. The molecule has 0 aromatic heterocycles. The minimum atomic E-state index is -0.125. The average molecular weight is 285 g/mol. The van der Waals surface area contributed by atoms with Gasteiger partial charge in [0, 0.05) is 27.3 Å². The molecular formula is C17H13ClO2. The van der Waals surface area contributed by atoms with Gasteiger partial charge >= 0.3 is 0 Å². The Bertz CT molecular complexity index is 745. The fourth-order valence-electron chi connectivity index (χ4n) is 2.50. The molecule has 2 aromatic carbocycles. The molecular weight excluding hydrogens is 272 g/mol. The van der Waals surface area contributed by atoms with Crippen LogP contribution in [0, 0.1) is 0 Å². The highest BCUT2D eigenvalue weighted by molar-refractivity contribution is 6.33.